The lowest BCUT2D eigenvalue weighted by Gasteiger charge is -2.05. The van der Waals surface area contributed by atoms with Crippen molar-refractivity contribution in [1.29, 1.82) is 0 Å². The van der Waals surface area contributed by atoms with Crippen LogP contribution < -0.4 is 0 Å². The highest BCUT2D eigenvalue weighted by Crippen LogP contribution is 2.17. The first-order valence-corrected chi connectivity index (χ1v) is 17.8. The van der Waals surface area contributed by atoms with Gasteiger partial charge < -0.3 is 0 Å². The van der Waals surface area contributed by atoms with Crippen LogP contribution in [0.3, 0.4) is 0 Å². The molecule has 0 nitrogen and oxygen atoms in total. The molecule has 5 aliphatic rings. The minimum Gasteiger partial charge on any atom is -0.0991 e. The van der Waals surface area contributed by atoms with Gasteiger partial charge in [0.1, 0.15) is 0 Å². The summed E-state index contributed by atoms with van der Waals surface area (Å²) in [5.74, 6) is 0. The van der Waals surface area contributed by atoms with Crippen molar-refractivity contribution in [2.24, 2.45) is 0 Å². The van der Waals surface area contributed by atoms with Crippen LogP contribution in [0.15, 0.2) is 37.0 Å². The third kappa shape index (κ3) is 35.2. The highest BCUT2D eigenvalue weighted by molar-refractivity contribution is 4.96. The van der Waals surface area contributed by atoms with E-state index in [4.69, 9.17) is 0 Å². The quantitative estimate of drug-likeness (QED) is 0.190. The van der Waals surface area contributed by atoms with Crippen molar-refractivity contribution in [3.8, 4) is 0 Å². The lowest BCUT2D eigenvalue weighted by Crippen LogP contribution is -1.85. The summed E-state index contributed by atoms with van der Waals surface area (Å²) >= 11 is 0. The van der Waals surface area contributed by atoms with E-state index in [9.17, 15) is 0 Å². The second-order valence-electron chi connectivity index (χ2n) is 12.0. The Morgan fingerprint density at radius 3 is 0.684 bits per heavy atom. The van der Waals surface area contributed by atoms with Gasteiger partial charge in [-0.25, -0.2) is 0 Å². The van der Waals surface area contributed by atoms with Gasteiger partial charge in [-0.15, -0.1) is 0 Å². The molecule has 0 heteroatoms. The van der Waals surface area contributed by atoms with Crippen LogP contribution in [0.1, 0.15) is 206 Å². The normalized spacial score (nSPS) is 21.3. The molecule has 0 saturated heterocycles. The van der Waals surface area contributed by atoms with E-state index in [-0.39, 0.29) is 0 Å². The fraction of sp³-hybridized carbons (Fsp3) is 0.842. The van der Waals surface area contributed by atoms with Crippen molar-refractivity contribution in [3.63, 3.8) is 0 Å². The predicted octanol–water partition coefficient (Wildman–Crippen LogP) is 14.4. The topological polar surface area (TPSA) is 0 Å². The molecule has 4 fully saturated rings. The van der Waals surface area contributed by atoms with Gasteiger partial charge in [-0.2, -0.15) is 0 Å². The molecule has 5 rings (SSSR count). The standard InChI is InChI=1S/C8H16.C7H14.C6H12.2C6H10.C5H10/c1-2-4-6-8-7-5-3-1;1-2-4-6-7-5-3-1;2*1-2-4-6-5-3-1;1-3-5-6-4-2;1-2-4-5-3-1/h1-8H2;1-7H2;1-6H2;1-2H,3-6H2;3,5-6H,1,4H2,2H3;1-5H2. The Kier molecular flexibility index (Phi) is 35.5. The molecule has 38 heavy (non-hydrogen) atoms. The second-order valence-corrected chi connectivity index (χ2v) is 12.0. The zero-order chi connectivity index (χ0) is 27.5. The molecule has 0 aliphatic heterocycles. The first-order chi connectivity index (χ1) is 18.9. The Labute approximate surface area is 242 Å². The third-order valence-corrected chi connectivity index (χ3v) is 8.17. The molecule has 5 aliphatic carbocycles. The van der Waals surface area contributed by atoms with Crippen LogP contribution in [0.2, 0.25) is 0 Å². The minimum atomic E-state index is 1.10. The van der Waals surface area contributed by atoms with E-state index in [0.29, 0.717) is 0 Å². The van der Waals surface area contributed by atoms with Gasteiger partial charge >= 0.3 is 0 Å². The summed E-state index contributed by atoms with van der Waals surface area (Å²) in [5.41, 5.74) is 0. The fourth-order valence-corrected chi connectivity index (χ4v) is 5.59. The van der Waals surface area contributed by atoms with Crippen LogP contribution in [-0.4, -0.2) is 0 Å². The van der Waals surface area contributed by atoms with Crippen molar-refractivity contribution < 1.29 is 0 Å². The van der Waals surface area contributed by atoms with Crippen molar-refractivity contribution >= 4 is 0 Å². The maximum absolute atomic E-state index is 3.51. The van der Waals surface area contributed by atoms with E-state index in [1.807, 2.05) is 6.08 Å². The molecule has 0 spiro atoms. The van der Waals surface area contributed by atoms with E-state index < -0.39 is 0 Å². The van der Waals surface area contributed by atoms with Crippen LogP contribution in [-0.2, 0) is 0 Å². The molecule has 0 aromatic carbocycles. The largest absolute Gasteiger partial charge is 0.0991 e. The van der Waals surface area contributed by atoms with E-state index in [1.165, 1.54) is 193 Å². The lowest BCUT2D eigenvalue weighted by molar-refractivity contribution is 0.504. The molecular formula is C38H72. The Bertz CT molecular complexity index is 392. The van der Waals surface area contributed by atoms with Crippen LogP contribution in [0.4, 0.5) is 0 Å². The molecule has 224 valence electrons. The molecule has 0 radical (unpaired) electrons. The maximum atomic E-state index is 3.51. The monoisotopic (exact) mass is 529 g/mol. The van der Waals surface area contributed by atoms with E-state index >= 15 is 0 Å². The molecule has 4 saturated carbocycles. The van der Waals surface area contributed by atoms with Crippen molar-refractivity contribution in [2.75, 3.05) is 0 Å². The van der Waals surface area contributed by atoms with E-state index in [0.717, 1.165) is 6.42 Å². The second kappa shape index (κ2) is 36.2. The molecule has 0 aromatic rings. The molecule has 0 aromatic heterocycles. The molecule has 0 amide bonds. The minimum absolute atomic E-state index is 1.10. The molecular weight excluding hydrogens is 456 g/mol. The van der Waals surface area contributed by atoms with Gasteiger partial charge in [-0.3, -0.25) is 0 Å². The SMILES string of the molecule is C1=CCCCC1.C1CCCC1.C1CCCCC1.C1CCCCCC1.C1CCCCCCC1.C=CC=CCC. The van der Waals surface area contributed by atoms with Crippen LogP contribution in [0, 0.1) is 0 Å². The average molecular weight is 529 g/mol. The zero-order valence-corrected chi connectivity index (χ0v) is 26.5. The summed E-state index contributed by atoms with van der Waals surface area (Å²) < 4.78 is 0. The Morgan fingerprint density at radius 1 is 0.395 bits per heavy atom. The smallest absolute Gasteiger partial charge is 0.0351 e. The van der Waals surface area contributed by atoms with Gasteiger partial charge in [0.25, 0.3) is 0 Å². The van der Waals surface area contributed by atoms with Gasteiger partial charge in [-0.1, -0.05) is 211 Å². The van der Waals surface area contributed by atoms with Gasteiger partial charge in [0.2, 0.25) is 0 Å². The van der Waals surface area contributed by atoms with E-state index in [1.54, 1.807) is 6.08 Å². The summed E-state index contributed by atoms with van der Waals surface area (Å²) in [5, 5.41) is 0. The van der Waals surface area contributed by atoms with Gasteiger partial charge in [0, 0.05) is 0 Å². The van der Waals surface area contributed by atoms with Crippen LogP contribution in [0.25, 0.3) is 0 Å². The molecule has 0 heterocycles. The summed E-state index contributed by atoms with van der Waals surface area (Å²) in [6.45, 7) is 5.61. The highest BCUT2D eigenvalue weighted by atomic mass is 14.0. The molecule has 0 unspecified atom stereocenters. The van der Waals surface area contributed by atoms with Crippen molar-refractivity contribution in [1.82, 2.24) is 0 Å². The van der Waals surface area contributed by atoms with Crippen LogP contribution in [0.5, 0.6) is 0 Å². The Morgan fingerprint density at radius 2 is 0.605 bits per heavy atom. The van der Waals surface area contributed by atoms with Crippen molar-refractivity contribution in [2.45, 2.75) is 206 Å². The van der Waals surface area contributed by atoms with Crippen molar-refractivity contribution in [3.05, 3.63) is 37.0 Å². The maximum Gasteiger partial charge on any atom is -0.0351 e. The summed E-state index contributed by atoms with van der Waals surface area (Å²) in [6.07, 6.45) is 55.9. The zero-order valence-electron chi connectivity index (χ0n) is 26.5. The number of allylic oxidation sites excluding steroid dienone is 5. The first-order valence-electron chi connectivity index (χ1n) is 17.8. The summed E-state index contributed by atoms with van der Waals surface area (Å²) in [4.78, 5) is 0. The fourth-order valence-electron chi connectivity index (χ4n) is 5.59. The Hall–Kier alpha value is -0.780. The summed E-state index contributed by atoms with van der Waals surface area (Å²) in [6, 6.07) is 0. The van der Waals surface area contributed by atoms with Gasteiger partial charge in [0.05, 0.1) is 0 Å². The molecule has 0 bridgehead atoms. The predicted molar refractivity (Wildman–Crippen MR) is 177 cm³/mol. The molecule has 0 atom stereocenters. The number of rotatable bonds is 2. The van der Waals surface area contributed by atoms with Gasteiger partial charge in [-0.05, 0) is 32.1 Å². The number of hydrogen-bond acceptors (Lipinski definition) is 0. The highest BCUT2D eigenvalue weighted by Gasteiger charge is 1.97. The molecule has 0 N–H and O–H groups in total. The third-order valence-electron chi connectivity index (χ3n) is 8.17. The lowest BCUT2D eigenvalue weighted by atomic mass is 10.0. The van der Waals surface area contributed by atoms with Crippen LogP contribution >= 0.6 is 0 Å². The average Bonchev–Trinajstić information content (AvgIpc) is 3.42. The van der Waals surface area contributed by atoms with E-state index in [2.05, 4.69) is 31.7 Å². The summed E-state index contributed by atoms with van der Waals surface area (Å²) in [7, 11) is 0. The number of hydrogen-bond donors (Lipinski definition) is 0. The van der Waals surface area contributed by atoms with Gasteiger partial charge in [0.15, 0.2) is 0 Å². The first kappa shape index (κ1) is 37.2. The Balaban J connectivity index is 0.000000435.